The molecule has 3 N–H and O–H groups in total. The van der Waals surface area contributed by atoms with Gasteiger partial charge < -0.3 is 15.3 Å². The highest BCUT2D eigenvalue weighted by molar-refractivity contribution is 5.78. The van der Waals surface area contributed by atoms with Crippen molar-refractivity contribution in [3.8, 4) is 0 Å². The van der Waals surface area contributed by atoms with Crippen LogP contribution in [0.1, 0.15) is 105 Å². The molecular formula is C23H44NO6+. The van der Waals surface area contributed by atoms with Crippen molar-refractivity contribution in [1.82, 2.24) is 0 Å². The number of hydrogen-bond acceptors (Lipinski definition) is 3. The van der Waals surface area contributed by atoms with E-state index in [0.29, 0.717) is 25.7 Å². The Morgan fingerprint density at radius 3 is 1.20 bits per heavy atom. The zero-order chi connectivity index (χ0) is 23.2. The molecule has 0 aromatic carbocycles. The van der Waals surface area contributed by atoms with Gasteiger partial charge in [-0.2, -0.15) is 0 Å². The lowest BCUT2D eigenvalue weighted by atomic mass is 9.91. The molecule has 0 aromatic rings. The Labute approximate surface area is 182 Å². The van der Waals surface area contributed by atoms with E-state index < -0.39 is 36.0 Å². The first-order valence-electron chi connectivity index (χ1n) is 11.8. The largest absolute Gasteiger partial charge is 0.477 e. The van der Waals surface area contributed by atoms with Crippen molar-refractivity contribution in [2.45, 2.75) is 123 Å². The van der Waals surface area contributed by atoms with Gasteiger partial charge in [-0.15, -0.1) is 0 Å². The fourth-order valence-electron chi connectivity index (χ4n) is 4.81. The minimum absolute atomic E-state index is 0.270. The molecule has 0 heterocycles. The molecule has 0 amide bonds. The molecule has 0 aliphatic carbocycles. The summed E-state index contributed by atoms with van der Waals surface area (Å²) in [6.07, 6.45) is 8.32. The zero-order valence-corrected chi connectivity index (χ0v) is 19.4. The summed E-state index contributed by atoms with van der Waals surface area (Å²) in [6, 6.07) is -3.11. The van der Waals surface area contributed by atoms with E-state index in [9.17, 15) is 29.7 Å². The summed E-state index contributed by atoms with van der Waals surface area (Å²) in [5, 5.41) is 30.3. The van der Waals surface area contributed by atoms with Gasteiger partial charge in [0.15, 0.2) is 18.1 Å². The highest BCUT2D eigenvalue weighted by Gasteiger charge is 2.56. The molecular weight excluding hydrogens is 386 g/mol. The van der Waals surface area contributed by atoms with Crippen LogP contribution in [0.15, 0.2) is 0 Å². The van der Waals surface area contributed by atoms with E-state index in [0.717, 1.165) is 32.1 Å². The van der Waals surface area contributed by atoms with Crippen LogP contribution in [0.3, 0.4) is 0 Å². The molecule has 0 saturated carbocycles. The average molecular weight is 431 g/mol. The summed E-state index contributed by atoms with van der Waals surface area (Å²) in [6.45, 7) is 7.99. The number of carbonyl (C=O) groups is 3. The molecule has 0 fully saturated rings. The normalized spacial score (nSPS) is 16.4. The summed E-state index contributed by atoms with van der Waals surface area (Å²) >= 11 is 0. The third kappa shape index (κ3) is 7.89. The number of carboxylic acids is 3. The summed E-state index contributed by atoms with van der Waals surface area (Å²) < 4.78 is -0.372. The Morgan fingerprint density at radius 1 is 0.567 bits per heavy atom. The van der Waals surface area contributed by atoms with Crippen LogP contribution >= 0.6 is 0 Å². The van der Waals surface area contributed by atoms with E-state index in [1.165, 1.54) is 0 Å². The molecule has 176 valence electrons. The van der Waals surface area contributed by atoms with Crippen LogP contribution < -0.4 is 0 Å². The predicted molar refractivity (Wildman–Crippen MR) is 117 cm³/mol. The SMILES string of the molecule is CCCCCCCC[N+](C(CCC)C(=O)O)(C(CCC)C(=O)O)C(CCC)C(=O)O. The fraction of sp³-hybridized carbons (Fsp3) is 0.870. The van der Waals surface area contributed by atoms with Crippen LogP contribution in [0.4, 0.5) is 0 Å². The van der Waals surface area contributed by atoms with E-state index >= 15 is 0 Å². The molecule has 0 rings (SSSR count). The number of quaternary nitrogens is 1. The number of aliphatic carboxylic acids is 3. The van der Waals surface area contributed by atoms with Crippen molar-refractivity contribution in [2.75, 3.05) is 6.54 Å². The maximum absolute atomic E-state index is 12.4. The predicted octanol–water partition coefficient (Wildman–Crippen LogP) is 4.92. The highest BCUT2D eigenvalue weighted by atomic mass is 16.4. The number of unbranched alkanes of at least 4 members (excludes halogenated alkanes) is 5. The second-order valence-corrected chi connectivity index (χ2v) is 8.41. The Balaban J connectivity index is 6.37. The van der Waals surface area contributed by atoms with Gasteiger partial charge in [0.25, 0.3) is 0 Å². The van der Waals surface area contributed by atoms with Gasteiger partial charge in [0.1, 0.15) is 0 Å². The van der Waals surface area contributed by atoms with Gasteiger partial charge in [-0.25, -0.2) is 14.4 Å². The second-order valence-electron chi connectivity index (χ2n) is 8.41. The lowest BCUT2D eigenvalue weighted by Crippen LogP contribution is -2.72. The Hall–Kier alpha value is -1.63. The van der Waals surface area contributed by atoms with Crippen molar-refractivity contribution >= 4 is 17.9 Å². The van der Waals surface area contributed by atoms with E-state index in [1.54, 1.807) is 0 Å². The van der Waals surface area contributed by atoms with Crippen LogP contribution in [0.25, 0.3) is 0 Å². The smallest absolute Gasteiger partial charge is 0.362 e. The fourth-order valence-corrected chi connectivity index (χ4v) is 4.81. The van der Waals surface area contributed by atoms with E-state index in [-0.39, 0.29) is 30.3 Å². The molecule has 0 aliphatic heterocycles. The van der Waals surface area contributed by atoms with Crippen molar-refractivity contribution in [3.05, 3.63) is 0 Å². The molecule has 0 spiro atoms. The maximum Gasteiger partial charge on any atom is 0.362 e. The van der Waals surface area contributed by atoms with Gasteiger partial charge in [-0.3, -0.25) is 4.48 Å². The van der Waals surface area contributed by atoms with E-state index in [4.69, 9.17) is 0 Å². The molecule has 0 saturated heterocycles. The van der Waals surface area contributed by atoms with Gasteiger partial charge in [-0.05, 0) is 32.1 Å². The molecule has 7 nitrogen and oxygen atoms in total. The standard InChI is InChI=1S/C23H43NO6/c1-5-9-10-11-12-13-17-24(18(14-6-2)21(25)26,19(15-7-3)22(27)28)20(16-8-4)23(29)30/h18-20H,5-17H2,1-4H3,(H2-,25,26,27,28,29,30)/p+1. The highest BCUT2D eigenvalue weighted by Crippen LogP contribution is 2.34. The van der Waals surface area contributed by atoms with Crippen LogP contribution in [-0.4, -0.2) is 62.4 Å². The zero-order valence-electron chi connectivity index (χ0n) is 19.4. The lowest BCUT2D eigenvalue weighted by Gasteiger charge is -2.50. The Kier molecular flexibility index (Phi) is 14.4. The maximum atomic E-state index is 12.4. The number of hydrogen-bond donors (Lipinski definition) is 3. The van der Waals surface area contributed by atoms with Crippen molar-refractivity contribution in [3.63, 3.8) is 0 Å². The minimum Gasteiger partial charge on any atom is -0.477 e. The molecule has 0 bridgehead atoms. The third-order valence-electron chi connectivity index (χ3n) is 6.18. The van der Waals surface area contributed by atoms with Crippen molar-refractivity contribution in [1.29, 1.82) is 0 Å². The van der Waals surface area contributed by atoms with Gasteiger partial charge >= 0.3 is 17.9 Å². The van der Waals surface area contributed by atoms with Crippen molar-refractivity contribution < 1.29 is 34.2 Å². The van der Waals surface area contributed by atoms with Gasteiger partial charge in [-0.1, -0.05) is 53.4 Å². The Morgan fingerprint density at radius 2 is 0.900 bits per heavy atom. The number of carboxylic acid groups (broad SMARTS) is 3. The first-order chi connectivity index (χ1) is 14.2. The minimum atomic E-state index is -1.09. The monoisotopic (exact) mass is 430 g/mol. The van der Waals surface area contributed by atoms with E-state index in [1.807, 2.05) is 20.8 Å². The number of rotatable bonds is 19. The Bertz CT molecular complexity index is 462. The van der Waals surface area contributed by atoms with Crippen LogP contribution in [0.5, 0.6) is 0 Å². The number of nitrogens with zero attached hydrogens (tertiary/aromatic N) is 1. The molecule has 30 heavy (non-hydrogen) atoms. The van der Waals surface area contributed by atoms with Gasteiger partial charge in [0.2, 0.25) is 0 Å². The first kappa shape index (κ1) is 28.4. The van der Waals surface area contributed by atoms with Gasteiger partial charge in [0.05, 0.1) is 6.54 Å². The molecule has 0 radical (unpaired) electrons. The van der Waals surface area contributed by atoms with Gasteiger partial charge in [0, 0.05) is 19.3 Å². The van der Waals surface area contributed by atoms with E-state index in [2.05, 4.69) is 6.92 Å². The summed E-state index contributed by atoms with van der Waals surface area (Å²) in [4.78, 5) is 37.1. The summed E-state index contributed by atoms with van der Waals surface area (Å²) in [5.74, 6) is -3.27. The summed E-state index contributed by atoms with van der Waals surface area (Å²) in [7, 11) is 0. The van der Waals surface area contributed by atoms with Crippen LogP contribution in [0, 0.1) is 0 Å². The molecule has 0 aromatic heterocycles. The molecule has 0 aliphatic rings. The lowest BCUT2D eigenvalue weighted by molar-refractivity contribution is -0.973. The molecule has 3 unspecified atom stereocenters. The summed E-state index contributed by atoms with van der Waals surface area (Å²) in [5.41, 5.74) is 0. The molecule has 3 atom stereocenters. The first-order valence-corrected chi connectivity index (χ1v) is 11.8. The third-order valence-corrected chi connectivity index (χ3v) is 6.18. The van der Waals surface area contributed by atoms with Crippen molar-refractivity contribution in [2.24, 2.45) is 0 Å². The quantitative estimate of drug-likeness (QED) is 0.198. The average Bonchev–Trinajstić information content (AvgIpc) is 2.68. The van der Waals surface area contributed by atoms with Crippen LogP contribution in [0.2, 0.25) is 0 Å². The topological polar surface area (TPSA) is 112 Å². The van der Waals surface area contributed by atoms with Crippen LogP contribution in [-0.2, 0) is 14.4 Å². The molecule has 7 heteroatoms. The second kappa shape index (κ2) is 15.2.